The van der Waals surface area contributed by atoms with Crippen molar-refractivity contribution in [3.05, 3.63) is 56.9 Å². The lowest BCUT2D eigenvalue weighted by molar-refractivity contribution is 1.33. The van der Waals surface area contributed by atoms with E-state index in [1.54, 1.807) is 12.4 Å². The maximum Gasteiger partial charge on any atom is 0.0267 e. The molecule has 1 aromatic rings. The van der Waals surface area contributed by atoms with E-state index in [0.717, 1.165) is 0 Å². The third-order valence-electron chi connectivity index (χ3n) is 0.566. The topological polar surface area (TPSA) is 12.9 Å². The van der Waals surface area contributed by atoms with Gasteiger partial charge in [-0.3, -0.25) is 4.98 Å². The third-order valence-corrected chi connectivity index (χ3v) is 0.566. The molecule has 0 amide bonds. The molecule has 0 unspecified atom stereocenters. The van der Waals surface area contributed by atoms with Gasteiger partial charge >= 0.3 is 0 Å². The highest BCUT2D eigenvalue weighted by Crippen LogP contribution is 1.73. The standard InChI is InChI=1S/C5H5N.2C2H4/c1-2-4-6-5-3-1;2*1-2/h1-5H;2*1-2H2. The highest BCUT2D eigenvalue weighted by molar-refractivity contribution is 4.88. The lowest BCUT2D eigenvalue weighted by Gasteiger charge is -1.70. The van der Waals surface area contributed by atoms with Gasteiger partial charge in [-0.15, -0.1) is 26.3 Å². The molecule has 1 heterocycles. The summed E-state index contributed by atoms with van der Waals surface area (Å²) < 4.78 is 0. The van der Waals surface area contributed by atoms with E-state index in [1.807, 2.05) is 18.2 Å². The SMILES string of the molecule is C=C.C=C.c1ccncc1. The maximum atomic E-state index is 3.78. The molecule has 0 N–H and O–H groups in total. The van der Waals surface area contributed by atoms with Crippen LogP contribution >= 0.6 is 0 Å². The molecular formula is C9H13N. The summed E-state index contributed by atoms with van der Waals surface area (Å²) in [5.41, 5.74) is 0. The minimum atomic E-state index is 1.75. The van der Waals surface area contributed by atoms with Crippen LogP contribution in [-0.2, 0) is 0 Å². The van der Waals surface area contributed by atoms with Crippen molar-refractivity contribution in [2.24, 2.45) is 0 Å². The Morgan fingerprint density at radius 1 is 0.700 bits per heavy atom. The summed E-state index contributed by atoms with van der Waals surface area (Å²) in [5.74, 6) is 0. The molecule has 0 saturated carbocycles. The van der Waals surface area contributed by atoms with Crippen LogP contribution in [0.5, 0.6) is 0 Å². The van der Waals surface area contributed by atoms with Gasteiger partial charge in [-0.05, 0) is 12.1 Å². The molecule has 1 aromatic heterocycles. The van der Waals surface area contributed by atoms with Crippen molar-refractivity contribution in [3.8, 4) is 0 Å². The zero-order chi connectivity index (χ0) is 8.24. The molecule has 54 valence electrons. The van der Waals surface area contributed by atoms with Gasteiger partial charge in [0.15, 0.2) is 0 Å². The molecule has 0 bridgehead atoms. The molecule has 1 heteroatoms. The van der Waals surface area contributed by atoms with Crippen LogP contribution in [0.2, 0.25) is 0 Å². The Balaban J connectivity index is 0. The fourth-order valence-electron chi connectivity index (χ4n) is 0.313. The molecule has 1 rings (SSSR count). The molecule has 0 aliphatic rings. The van der Waals surface area contributed by atoms with Crippen LogP contribution < -0.4 is 0 Å². The summed E-state index contributed by atoms with van der Waals surface area (Å²) in [7, 11) is 0. The summed E-state index contributed by atoms with van der Waals surface area (Å²) in [6.45, 7) is 12.0. The fourth-order valence-corrected chi connectivity index (χ4v) is 0.313. The molecule has 0 fully saturated rings. The first-order valence-electron chi connectivity index (χ1n) is 2.85. The molecular weight excluding hydrogens is 122 g/mol. The second kappa shape index (κ2) is 15.6. The van der Waals surface area contributed by atoms with Gasteiger partial charge in [0.05, 0.1) is 0 Å². The van der Waals surface area contributed by atoms with E-state index >= 15 is 0 Å². The quantitative estimate of drug-likeness (QED) is 0.498. The molecule has 0 radical (unpaired) electrons. The van der Waals surface area contributed by atoms with Crippen LogP contribution in [0, 0.1) is 0 Å². The van der Waals surface area contributed by atoms with Gasteiger partial charge in [-0.1, -0.05) is 6.07 Å². The molecule has 0 aliphatic carbocycles. The summed E-state index contributed by atoms with van der Waals surface area (Å²) >= 11 is 0. The minimum absolute atomic E-state index is 1.75. The van der Waals surface area contributed by atoms with Gasteiger partial charge in [0.1, 0.15) is 0 Å². The number of aromatic nitrogens is 1. The lowest BCUT2D eigenvalue weighted by Crippen LogP contribution is -1.58. The van der Waals surface area contributed by atoms with E-state index in [-0.39, 0.29) is 0 Å². The van der Waals surface area contributed by atoms with E-state index < -0.39 is 0 Å². The predicted molar refractivity (Wildman–Crippen MR) is 46.7 cm³/mol. The Kier molecular flexibility index (Phi) is 17.9. The highest BCUT2D eigenvalue weighted by atomic mass is 14.6. The van der Waals surface area contributed by atoms with Gasteiger partial charge < -0.3 is 0 Å². The molecule has 0 aromatic carbocycles. The largest absolute Gasteiger partial charge is 0.265 e. The predicted octanol–water partition coefficient (Wildman–Crippen LogP) is 2.69. The molecule has 0 spiro atoms. The van der Waals surface area contributed by atoms with Crippen molar-refractivity contribution in [1.82, 2.24) is 4.98 Å². The average Bonchev–Trinajstić information content (AvgIpc) is 2.14. The first kappa shape index (κ1) is 11.4. The van der Waals surface area contributed by atoms with E-state index in [9.17, 15) is 0 Å². The van der Waals surface area contributed by atoms with Gasteiger partial charge in [0, 0.05) is 12.4 Å². The van der Waals surface area contributed by atoms with E-state index in [2.05, 4.69) is 31.3 Å². The number of hydrogen-bond acceptors (Lipinski definition) is 1. The number of hydrogen-bond donors (Lipinski definition) is 0. The van der Waals surface area contributed by atoms with Gasteiger partial charge in [-0.2, -0.15) is 0 Å². The van der Waals surface area contributed by atoms with E-state index in [1.165, 1.54) is 0 Å². The Bertz CT molecular complexity index is 96.7. The Morgan fingerprint density at radius 2 is 1.10 bits per heavy atom. The normalized spacial score (nSPS) is 5.60. The number of rotatable bonds is 0. The molecule has 0 atom stereocenters. The molecule has 0 aliphatic heterocycles. The van der Waals surface area contributed by atoms with Gasteiger partial charge in [-0.25, -0.2) is 0 Å². The van der Waals surface area contributed by atoms with Crippen LogP contribution in [0.3, 0.4) is 0 Å². The van der Waals surface area contributed by atoms with E-state index in [4.69, 9.17) is 0 Å². The second-order valence-corrected chi connectivity index (χ2v) is 1.02. The first-order chi connectivity index (χ1) is 5.00. The molecule has 1 nitrogen and oxygen atoms in total. The van der Waals surface area contributed by atoms with Crippen LogP contribution in [0.15, 0.2) is 56.9 Å². The summed E-state index contributed by atoms with van der Waals surface area (Å²) in [6.07, 6.45) is 3.50. The Morgan fingerprint density at radius 3 is 1.20 bits per heavy atom. The zero-order valence-corrected chi connectivity index (χ0v) is 6.16. The fraction of sp³-hybridized carbons (Fsp3) is 0. The maximum absolute atomic E-state index is 3.78. The number of pyridine rings is 1. The Hall–Kier alpha value is -1.37. The third kappa shape index (κ3) is 9.80. The van der Waals surface area contributed by atoms with Crippen molar-refractivity contribution >= 4 is 0 Å². The Labute approximate surface area is 62.7 Å². The molecule has 10 heavy (non-hydrogen) atoms. The lowest BCUT2D eigenvalue weighted by atomic mass is 10.5. The smallest absolute Gasteiger partial charge is 0.0267 e. The van der Waals surface area contributed by atoms with Crippen molar-refractivity contribution in [3.63, 3.8) is 0 Å². The van der Waals surface area contributed by atoms with E-state index in [0.29, 0.717) is 0 Å². The zero-order valence-electron chi connectivity index (χ0n) is 6.16. The van der Waals surface area contributed by atoms with Crippen LogP contribution in [0.4, 0.5) is 0 Å². The van der Waals surface area contributed by atoms with Gasteiger partial charge in [0.25, 0.3) is 0 Å². The van der Waals surface area contributed by atoms with Gasteiger partial charge in [0.2, 0.25) is 0 Å². The van der Waals surface area contributed by atoms with Crippen LogP contribution in [0.25, 0.3) is 0 Å². The van der Waals surface area contributed by atoms with Crippen molar-refractivity contribution in [2.45, 2.75) is 0 Å². The van der Waals surface area contributed by atoms with Crippen molar-refractivity contribution < 1.29 is 0 Å². The summed E-state index contributed by atoms with van der Waals surface area (Å²) in [6, 6.07) is 5.72. The second-order valence-electron chi connectivity index (χ2n) is 1.02. The average molecular weight is 135 g/mol. The molecule has 0 saturated heterocycles. The number of nitrogens with zero attached hydrogens (tertiary/aromatic N) is 1. The summed E-state index contributed by atoms with van der Waals surface area (Å²) in [5, 5.41) is 0. The highest BCUT2D eigenvalue weighted by Gasteiger charge is 1.58. The minimum Gasteiger partial charge on any atom is -0.265 e. The van der Waals surface area contributed by atoms with Crippen molar-refractivity contribution in [2.75, 3.05) is 0 Å². The summed E-state index contributed by atoms with van der Waals surface area (Å²) in [4.78, 5) is 3.78. The van der Waals surface area contributed by atoms with Crippen molar-refractivity contribution in [1.29, 1.82) is 0 Å². The first-order valence-corrected chi connectivity index (χ1v) is 2.85. The van der Waals surface area contributed by atoms with Crippen LogP contribution in [0.1, 0.15) is 0 Å². The van der Waals surface area contributed by atoms with Crippen LogP contribution in [-0.4, -0.2) is 4.98 Å². The monoisotopic (exact) mass is 135 g/mol.